The van der Waals surface area contributed by atoms with Gasteiger partial charge >= 0.3 is 0 Å². The molecule has 1 fully saturated rings. The molecule has 102 valence electrons. The molecule has 2 unspecified atom stereocenters. The van der Waals surface area contributed by atoms with Gasteiger partial charge in [-0.05, 0) is 36.4 Å². The van der Waals surface area contributed by atoms with Crippen molar-refractivity contribution in [1.82, 2.24) is 4.90 Å². The lowest BCUT2D eigenvalue weighted by molar-refractivity contribution is 0.157. The zero-order valence-corrected chi connectivity index (χ0v) is 12.2. The third-order valence-corrected chi connectivity index (χ3v) is 3.95. The molecular formula is C15H25ClN2. The van der Waals surface area contributed by atoms with Crippen LogP contribution in [0.1, 0.15) is 31.4 Å². The molecule has 0 radical (unpaired) electrons. The van der Waals surface area contributed by atoms with Crippen molar-refractivity contribution in [2.75, 3.05) is 13.1 Å². The van der Waals surface area contributed by atoms with Gasteiger partial charge in [0.1, 0.15) is 0 Å². The summed E-state index contributed by atoms with van der Waals surface area (Å²) >= 11 is 0. The monoisotopic (exact) mass is 268 g/mol. The Labute approximate surface area is 117 Å². The van der Waals surface area contributed by atoms with Gasteiger partial charge in [0.05, 0.1) is 0 Å². The van der Waals surface area contributed by atoms with Crippen LogP contribution in [0.5, 0.6) is 0 Å². The third-order valence-electron chi connectivity index (χ3n) is 3.95. The highest BCUT2D eigenvalue weighted by Crippen LogP contribution is 2.19. The van der Waals surface area contributed by atoms with Crippen LogP contribution in [0, 0.1) is 5.92 Å². The van der Waals surface area contributed by atoms with Gasteiger partial charge in [0.15, 0.2) is 0 Å². The smallest absolute Gasteiger partial charge is 0.0236 e. The first-order valence-corrected chi connectivity index (χ1v) is 6.75. The molecule has 2 nitrogen and oxygen atoms in total. The number of nitrogens with two attached hydrogens (primary N) is 1. The van der Waals surface area contributed by atoms with Gasteiger partial charge in [-0.1, -0.05) is 38.1 Å². The Morgan fingerprint density at radius 3 is 2.56 bits per heavy atom. The molecule has 1 aromatic rings. The zero-order valence-electron chi connectivity index (χ0n) is 11.4. The maximum absolute atomic E-state index is 6.06. The molecule has 1 saturated heterocycles. The molecule has 1 aliphatic rings. The third kappa shape index (κ3) is 3.71. The summed E-state index contributed by atoms with van der Waals surface area (Å²) in [5.74, 6) is 0.623. The minimum Gasteiger partial charge on any atom is -0.327 e. The maximum atomic E-state index is 6.06. The number of piperidine rings is 1. The van der Waals surface area contributed by atoms with E-state index in [0.717, 1.165) is 32.5 Å². The van der Waals surface area contributed by atoms with Crippen LogP contribution in [-0.4, -0.2) is 24.0 Å². The van der Waals surface area contributed by atoms with Gasteiger partial charge in [-0.3, -0.25) is 4.90 Å². The molecule has 0 saturated carbocycles. The number of aryl methyl sites for hydroxylation is 1. The second kappa shape index (κ2) is 7.13. The average Bonchev–Trinajstić information content (AvgIpc) is 2.34. The fraction of sp³-hybridized carbons (Fsp3) is 0.600. The lowest BCUT2D eigenvalue weighted by atomic mass is 9.94. The fourth-order valence-electron chi connectivity index (χ4n) is 2.69. The van der Waals surface area contributed by atoms with E-state index in [1.165, 1.54) is 11.1 Å². The Kier molecular flexibility index (Phi) is 6.13. The SMILES string of the molecule is CCc1ccccc1CN1CCC(N)C(C)C1.Cl. The summed E-state index contributed by atoms with van der Waals surface area (Å²) in [5, 5.41) is 0. The van der Waals surface area contributed by atoms with Crippen LogP contribution >= 0.6 is 12.4 Å². The van der Waals surface area contributed by atoms with Crippen molar-refractivity contribution in [3.05, 3.63) is 35.4 Å². The lowest BCUT2D eigenvalue weighted by Gasteiger charge is -2.35. The predicted molar refractivity (Wildman–Crippen MR) is 80.1 cm³/mol. The van der Waals surface area contributed by atoms with Crippen molar-refractivity contribution in [2.45, 2.75) is 39.3 Å². The van der Waals surface area contributed by atoms with Gasteiger partial charge in [0.25, 0.3) is 0 Å². The van der Waals surface area contributed by atoms with E-state index in [2.05, 4.69) is 43.0 Å². The largest absolute Gasteiger partial charge is 0.327 e. The molecule has 0 amide bonds. The molecule has 0 aromatic heterocycles. The molecule has 3 heteroatoms. The van der Waals surface area contributed by atoms with E-state index < -0.39 is 0 Å². The number of hydrogen-bond acceptors (Lipinski definition) is 2. The molecule has 1 aromatic carbocycles. The van der Waals surface area contributed by atoms with Crippen molar-refractivity contribution in [1.29, 1.82) is 0 Å². The van der Waals surface area contributed by atoms with Crippen molar-refractivity contribution < 1.29 is 0 Å². The van der Waals surface area contributed by atoms with Crippen molar-refractivity contribution in [2.24, 2.45) is 11.7 Å². The quantitative estimate of drug-likeness (QED) is 0.914. The molecule has 1 aliphatic heterocycles. The molecule has 0 aliphatic carbocycles. The average molecular weight is 269 g/mol. The van der Waals surface area contributed by atoms with Crippen LogP contribution in [0.15, 0.2) is 24.3 Å². The Hall–Kier alpha value is -0.570. The Morgan fingerprint density at radius 1 is 1.28 bits per heavy atom. The first-order chi connectivity index (χ1) is 8.20. The highest BCUT2D eigenvalue weighted by atomic mass is 35.5. The van der Waals surface area contributed by atoms with Crippen LogP contribution in [0.4, 0.5) is 0 Å². The van der Waals surface area contributed by atoms with Gasteiger partial charge in [-0.25, -0.2) is 0 Å². The van der Waals surface area contributed by atoms with Crippen LogP contribution < -0.4 is 5.73 Å². The normalized spacial score (nSPS) is 24.6. The van der Waals surface area contributed by atoms with E-state index in [4.69, 9.17) is 5.73 Å². The minimum absolute atomic E-state index is 0. The van der Waals surface area contributed by atoms with Crippen molar-refractivity contribution >= 4 is 12.4 Å². The summed E-state index contributed by atoms with van der Waals surface area (Å²) in [6.45, 7) is 7.86. The number of halogens is 1. The molecule has 1 heterocycles. The van der Waals surface area contributed by atoms with Crippen LogP contribution in [0.25, 0.3) is 0 Å². The summed E-state index contributed by atoms with van der Waals surface area (Å²) in [6.07, 6.45) is 2.26. The zero-order chi connectivity index (χ0) is 12.3. The van der Waals surface area contributed by atoms with Crippen molar-refractivity contribution in [3.63, 3.8) is 0 Å². The van der Waals surface area contributed by atoms with Gasteiger partial charge in [-0.2, -0.15) is 0 Å². The van der Waals surface area contributed by atoms with Crippen LogP contribution in [0.3, 0.4) is 0 Å². The Morgan fingerprint density at radius 2 is 1.94 bits per heavy atom. The molecule has 2 rings (SSSR count). The minimum atomic E-state index is 0. The molecule has 0 bridgehead atoms. The van der Waals surface area contributed by atoms with Gasteiger partial charge < -0.3 is 5.73 Å². The highest BCUT2D eigenvalue weighted by Gasteiger charge is 2.23. The molecular weight excluding hydrogens is 244 g/mol. The topological polar surface area (TPSA) is 29.3 Å². The van der Waals surface area contributed by atoms with Crippen LogP contribution in [-0.2, 0) is 13.0 Å². The van der Waals surface area contributed by atoms with Gasteiger partial charge in [-0.15, -0.1) is 12.4 Å². The van der Waals surface area contributed by atoms with E-state index in [1.54, 1.807) is 0 Å². The first-order valence-electron chi connectivity index (χ1n) is 6.75. The van der Waals surface area contributed by atoms with E-state index in [-0.39, 0.29) is 12.4 Å². The van der Waals surface area contributed by atoms with E-state index in [0.29, 0.717) is 12.0 Å². The summed E-state index contributed by atoms with van der Waals surface area (Å²) in [5.41, 5.74) is 9.03. The predicted octanol–water partition coefficient (Wildman–Crippen LogP) is 2.84. The van der Waals surface area contributed by atoms with Gasteiger partial charge in [0, 0.05) is 19.1 Å². The Balaban J connectivity index is 0.00000162. The summed E-state index contributed by atoms with van der Waals surface area (Å²) in [4.78, 5) is 2.54. The van der Waals surface area contributed by atoms with Gasteiger partial charge in [0.2, 0.25) is 0 Å². The number of rotatable bonds is 3. The molecule has 2 atom stereocenters. The molecule has 0 spiro atoms. The Bertz CT molecular complexity index is 367. The highest BCUT2D eigenvalue weighted by molar-refractivity contribution is 5.85. The van der Waals surface area contributed by atoms with E-state index >= 15 is 0 Å². The second-order valence-electron chi connectivity index (χ2n) is 5.29. The molecule has 18 heavy (non-hydrogen) atoms. The standard InChI is InChI=1S/C15H24N2.ClH/c1-3-13-6-4-5-7-14(13)11-17-9-8-15(16)12(2)10-17;/h4-7,12,15H,3,8-11,16H2,1-2H3;1H. The van der Waals surface area contributed by atoms with E-state index in [9.17, 15) is 0 Å². The number of benzene rings is 1. The number of hydrogen-bond donors (Lipinski definition) is 1. The van der Waals surface area contributed by atoms with Crippen molar-refractivity contribution in [3.8, 4) is 0 Å². The fourth-order valence-corrected chi connectivity index (χ4v) is 2.69. The van der Waals surface area contributed by atoms with E-state index in [1.807, 2.05) is 0 Å². The number of likely N-dealkylation sites (tertiary alicyclic amines) is 1. The molecule has 2 N–H and O–H groups in total. The maximum Gasteiger partial charge on any atom is 0.0236 e. The first kappa shape index (κ1) is 15.5. The van der Waals surface area contributed by atoms with Crippen LogP contribution in [0.2, 0.25) is 0 Å². The summed E-state index contributed by atoms with van der Waals surface area (Å²) in [7, 11) is 0. The second-order valence-corrected chi connectivity index (χ2v) is 5.29. The summed E-state index contributed by atoms with van der Waals surface area (Å²) < 4.78 is 0. The lowest BCUT2D eigenvalue weighted by Crippen LogP contribution is -2.45. The summed E-state index contributed by atoms with van der Waals surface area (Å²) in [6, 6.07) is 9.18. The number of nitrogens with zero attached hydrogens (tertiary/aromatic N) is 1.